The fourth-order valence-electron chi connectivity index (χ4n) is 3.95. The Morgan fingerprint density at radius 2 is 1.72 bits per heavy atom. The second kappa shape index (κ2) is 7.81. The minimum atomic E-state index is -0.347. The molecular formula is C24H19FN4O3. The predicted octanol–water partition coefficient (Wildman–Crippen LogP) is 4.25. The van der Waals surface area contributed by atoms with Crippen LogP contribution in [0.3, 0.4) is 0 Å². The van der Waals surface area contributed by atoms with Gasteiger partial charge in [-0.3, -0.25) is 9.78 Å². The first-order valence-corrected chi connectivity index (χ1v) is 9.93. The predicted molar refractivity (Wildman–Crippen MR) is 117 cm³/mol. The molecule has 7 nitrogen and oxygen atoms in total. The zero-order chi connectivity index (χ0) is 22.2. The number of rotatable bonds is 5. The van der Waals surface area contributed by atoms with Gasteiger partial charge in [-0.1, -0.05) is 0 Å². The van der Waals surface area contributed by atoms with Gasteiger partial charge >= 0.3 is 0 Å². The molecule has 0 bridgehead atoms. The third-order valence-electron chi connectivity index (χ3n) is 5.44. The summed E-state index contributed by atoms with van der Waals surface area (Å²) in [6, 6.07) is 13.2. The maximum atomic E-state index is 13.5. The number of aromatic nitrogens is 3. The van der Waals surface area contributed by atoms with E-state index in [1.807, 2.05) is 12.1 Å². The molecule has 2 aromatic carbocycles. The minimum Gasteiger partial charge on any atom is -0.493 e. The summed E-state index contributed by atoms with van der Waals surface area (Å²) in [4.78, 5) is 17.1. The molecule has 0 unspecified atom stereocenters. The van der Waals surface area contributed by atoms with Crippen molar-refractivity contribution in [2.45, 2.75) is 6.42 Å². The van der Waals surface area contributed by atoms with Crippen molar-refractivity contribution in [3.8, 4) is 28.4 Å². The molecule has 0 radical (unpaired) electrons. The van der Waals surface area contributed by atoms with Crippen molar-refractivity contribution in [1.29, 1.82) is 0 Å². The second-order valence-electron chi connectivity index (χ2n) is 7.30. The third-order valence-corrected chi connectivity index (χ3v) is 5.44. The van der Waals surface area contributed by atoms with E-state index in [4.69, 9.17) is 9.47 Å². The zero-order valence-corrected chi connectivity index (χ0v) is 17.4. The van der Waals surface area contributed by atoms with Crippen LogP contribution < -0.4 is 14.8 Å². The SMILES string of the molecule is COc1cc2c(cc1OC)-c1c(c(C(=O)Nc3ccncc3)nn1-c1ccc(F)cc1)C2. The fraction of sp³-hybridized carbons (Fsp3) is 0.125. The molecular weight excluding hydrogens is 411 g/mol. The molecule has 0 fully saturated rings. The Kier molecular flexibility index (Phi) is 4.82. The molecule has 0 atom stereocenters. The Hall–Kier alpha value is -4.20. The van der Waals surface area contributed by atoms with E-state index >= 15 is 0 Å². The normalized spacial score (nSPS) is 11.6. The van der Waals surface area contributed by atoms with Gasteiger partial charge in [0.15, 0.2) is 17.2 Å². The molecule has 0 saturated carbocycles. The average molecular weight is 430 g/mol. The number of nitrogens with zero attached hydrogens (tertiary/aromatic N) is 3. The number of fused-ring (bicyclic) bond motifs is 3. The van der Waals surface area contributed by atoms with Crippen LogP contribution in [0.5, 0.6) is 11.5 Å². The molecule has 0 spiro atoms. The van der Waals surface area contributed by atoms with E-state index in [-0.39, 0.29) is 11.7 Å². The van der Waals surface area contributed by atoms with E-state index in [1.165, 1.54) is 12.1 Å². The lowest BCUT2D eigenvalue weighted by Crippen LogP contribution is -2.15. The number of amides is 1. The van der Waals surface area contributed by atoms with Crippen molar-refractivity contribution < 1.29 is 18.7 Å². The molecule has 1 aliphatic carbocycles. The summed E-state index contributed by atoms with van der Waals surface area (Å²) in [5, 5.41) is 7.49. The first-order chi connectivity index (χ1) is 15.6. The van der Waals surface area contributed by atoms with Crippen LogP contribution in [0.15, 0.2) is 60.9 Å². The Balaban J connectivity index is 1.66. The topological polar surface area (TPSA) is 78.3 Å². The van der Waals surface area contributed by atoms with Gasteiger partial charge < -0.3 is 14.8 Å². The number of anilines is 1. The molecule has 1 aliphatic rings. The van der Waals surface area contributed by atoms with Gasteiger partial charge in [0.1, 0.15) is 5.82 Å². The number of nitrogens with one attached hydrogen (secondary N) is 1. The summed E-state index contributed by atoms with van der Waals surface area (Å²) >= 11 is 0. The monoisotopic (exact) mass is 430 g/mol. The van der Waals surface area contributed by atoms with Crippen LogP contribution in [-0.2, 0) is 6.42 Å². The molecule has 8 heteroatoms. The second-order valence-corrected chi connectivity index (χ2v) is 7.30. The molecule has 0 aliphatic heterocycles. The number of hydrogen-bond donors (Lipinski definition) is 1. The van der Waals surface area contributed by atoms with Crippen molar-refractivity contribution in [2.24, 2.45) is 0 Å². The Bertz CT molecular complexity index is 1320. The molecule has 2 heterocycles. The molecule has 0 saturated heterocycles. The molecule has 160 valence electrons. The number of hydrogen-bond acceptors (Lipinski definition) is 5. The van der Waals surface area contributed by atoms with Crippen LogP contribution in [0.25, 0.3) is 16.9 Å². The Morgan fingerprint density at radius 1 is 1.03 bits per heavy atom. The van der Waals surface area contributed by atoms with Crippen molar-refractivity contribution >= 4 is 11.6 Å². The first kappa shape index (κ1) is 19.7. The number of pyridine rings is 1. The summed E-state index contributed by atoms with van der Waals surface area (Å²) in [7, 11) is 3.16. The van der Waals surface area contributed by atoms with Gasteiger partial charge in [-0.15, -0.1) is 0 Å². The van der Waals surface area contributed by atoms with E-state index in [1.54, 1.807) is 55.6 Å². The quantitative estimate of drug-likeness (QED) is 0.451. The van der Waals surface area contributed by atoms with Crippen LogP contribution in [0.4, 0.5) is 10.1 Å². The summed E-state index contributed by atoms with van der Waals surface area (Å²) in [5.41, 5.74) is 5.00. The lowest BCUT2D eigenvalue weighted by Gasteiger charge is -2.12. The highest BCUT2D eigenvalue weighted by Crippen LogP contribution is 2.44. The molecule has 1 amide bonds. The Morgan fingerprint density at radius 3 is 2.41 bits per heavy atom. The van der Waals surface area contributed by atoms with E-state index < -0.39 is 0 Å². The smallest absolute Gasteiger partial charge is 0.276 e. The zero-order valence-electron chi connectivity index (χ0n) is 17.4. The van der Waals surface area contributed by atoms with Gasteiger partial charge in [0, 0.05) is 35.6 Å². The summed E-state index contributed by atoms with van der Waals surface area (Å²) in [6.45, 7) is 0. The summed E-state index contributed by atoms with van der Waals surface area (Å²) < 4.78 is 26.1. The van der Waals surface area contributed by atoms with Crippen LogP contribution in [0, 0.1) is 5.82 Å². The number of halogens is 1. The van der Waals surface area contributed by atoms with Crippen LogP contribution in [0.2, 0.25) is 0 Å². The molecule has 1 N–H and O–H groups in total. The lowest BCUT2D eigenvalue weighted by molar-refractivity contribution is 0.102. The van der Waals surface area contributed by atoms with Crippen LogP contribution in [0.1, 0.15) is 21.6 Å². The number of carbonyl (C=O) groups is 1. The van der Waals surface area contributed by atoms with Crippen molar-refractivity contribution in [2.75, 3.05) is 19.5 Å². The van der Waals surface area contributed by atoms with Gasteiger partial charge in [0.25, 0.3) is 5.91 Å². The molecule has 2 aromatic heterocycles. The van der Waals surface area contributed by atoms with E-state index in [0.29, 0.717) is 35.0 Å². The highest BCUT2D eigenvalue weighted by atomic mass is 19.1. The number of methoxy groups -OCH3 is 2. The maximum Gasteiger partial charge on any atom is 0.276 e. The average Bonchev–Trinajstić information content (AvgIpc) is 3.36. The maximum absolute atomic E-state index is 13.5. The van der Waals surface area contributed by atoms with Crippen molar-refractivity contribution in [3.05, 3.63) is 83.6 Å². The van der Waals surface area contributed by atoms with E-state index in [2.05, 4.69) is 15.4 Å². The molecule has 32 heavy (non-hydrogen) atoms. The first-order valence-electron chi connectivity index (χ1n) is 9.93. The van der Waals surface area contributed by atoms with Gasteiger partial charge in [0.05, 0.1) is 25.6 Å². The van der Waals surface area contributed by atoms with Crippen molar-refractivity contribution in [3.63, 3.8) is 0 Å². The highest BCUT2D eigenvalue weighted by Gasteiger charge is 2.32. The van der Waals surface area contributed by atoms with Crippen molar-refractivity contribution in [1.82, 2.24) is 14.8 Å². The number of benzene rings is 2. The lowest BCUT2D eigenvalue weighted by atomic mass is 10.1. The third kappa shape index (κ3) is 3.26. The van der Waals surface area contributed by atoms with Gasteiger partial charge in [-0.05, 0) is 54.1 Å². The summed E-state index contributed by atoms with van der Waals surface area (Å²) in [5.74, 6) is 0.509. The summed E-state index contributed by atoms with van der Waals surface area (Å²) in [6.07, 6.45) is 3.71. The van der Waals surface area contributed by atoms with E-state index in [9.17, 15) is 9.18 Å². The number of ether oxygens (including phenoxy) is 2. The highest BCUT2D eigenvalue weighted by molar-refractivity contribution is 6.05. The van der Waals surface area contributed by atoms with Gasteiger partial charge in [0.2, 0.25) is 0 Å². The number of carbonyl (C=O) groups excluding carboxylic acids is 1. The van der Waals surface area contributed by atoms with Crippen LogP contribution in [-0.4, -0.2) is 34.9 Å². The fourth-order valence-corrected chi connectivity index (χ4v) is 3.95. The largest absolute Gasteiger partial charge is 0.493 e. The standard InChI is InChI=1S/C24H19FN4O3/c1-31-20-12-14-11-19-22(24(30)27-16-7-9-26-10-8-16)28-29(17-5-3-15(25)4-6-17)23(19)18(14)13-21(20)32-2/h3-10,12-13H,11H2,1-2H3,(H,26,27,30). The van der Waals surface area contributed by atoms with Gasteiger partial charge in [-0.25, -0.2) is 9.07 Å². The molecule has 5 rings (SSSR count). The molecule has 4 aromatic rings. The van der Waals surface area contributed by atoms with E-state index in [0.717, 1.165) is 22.4 Å². The van der Waals surface area contributed by atoms with Crippen LogP contribution >= 0.6 is 0 Å². The Labute approximate surface area is 183 Å². The van der Waals surface area contributed by atoms with Gasteiger partial charge in [-0.2, -0.15) is 5.10 Å². The minimum absolute atomic E-state index is 0.301.